The lowest BCUT2D eigenvalue weighted by Crippen LogP contribution is -2.07. The van der Waals surface area contributed by atoms with Crippen molar-refractivity contribution in [3.05, 3.63) is 41.1 Å². The van der Waals surface area contributed by atoms with Crippen LogP contribution in [0.2, 0.25) is 0 Å². The molecule has 0 aliphatic heterocycles. The van der Waals surface area contributed by atoms with Gasteiger partial charge in [-0.15, -0.1) is 5.10 Å². The highest BCUT2D eigenvalue weighted by Crippen LogP contribution is 2.18. The highest BCUT2D eigenvalue weighted by atomic mass is 32.1. The molecule has 0 aliphatic carbocycles. The SMILES string of the molecule is CCOC(=O)c1nnsc1N/N=C/c1ccc(C(C)C)cc1. The molecule has 22 heavy (non-hydrogen) atoms. The Kier molecular flexibility index (Phi) is 5.60. The van der Waals surface area contributed by atoms with Crippen LogP contribution in [-0.2, 0) is 4.74 Å². The molecule has 0 bridgehead atoms. The zero-order valence-corrected chi connectivity index (χ0v) is 13.6. The Morgan fingerprint density at radius 3 is 2.77 bits per heavy atom. The highest BCUT2D eigenvalue weighted by molar-refractivity contribution is 7.10. The number of esters is 1. The van der Waals surface area contributed by atoms with Crippen LogP contribution in [0.15, 0.2) is 29.4 Å². The number of nitrogens with zero attached hydrogens (tertiary/aromatic N) is 3. The predicted octanol–water partition coefficient (Wildman–Crippen LogP) is 3.28. The van der Waals surface area contributed by atoms with Crippen molar-refractivity contribution in [1.82, 2.24) is 9.59 Å². The van der Waals surface area contributed by atoms with E-state index in [0.717, 1.165) is 17.1 Å². The smallest absolute Gasteiger partial charge is 0.362 e. The second-order valence-electron chi connectivity index (χ2n) is 4.86. The molecule has 0 saturated heterocycles. The lowest BCUT2D eigenvalue weighted by Gasteiger charge is -2.04. The van der Waals surface area contributed by atoms with Gasteiger partial charge >= 0.3 is 5.97 Å². The Hall–Kier alpha value is -2.28. The summed E-state index contributed by atoms with van der Waals surface area (Å²) in [6.07, 6.45) is 1.68. The number of rotatable bonds is 6. The van der Waals surface area contributed by atoms with Gasteiger partial charge in [0.05, 0.1) is 12.8 Å². The Balaban J connectivity index is 2.01. The Labute approximate surface area is 133 Å². The molecule has 1 heterocycles. The van der Waals surface area contributed by atoms with Crippen molar-refractivity contribution in [1.29, 1.82) is 0 Å². The first-order valence-electron chi connectivity index (χ1n) is 7.00. The maximum absolute atomic E-state index is 11.7. The van der Waals surface area contributed by atoms with E-state index in [1.807, 2.05) is 12.1 Å². The molecule has 1 N–H and O–H groups in total. The number of hydrazone groups is 1. The molecule has 116 valence electrons. The fourth-order valence-electron chi connectivity index (χ4n) is 1.73. The molecule has 0 saturated carbocycles. The van der Waals surface area contributed by atoms with Crippen molar-refractivity contribution in [2.24, 2.45) is 5.10 Å². The van der Waals surface area contributed by atoms with Gasteiger partial charge in [0.1, 0.15) is 0 Å². The number of carbonyl (C=O) groups is 1. The minimum Gasteiger partial charge on any atom is -0.461 e. The van der Waals surface area contributed by atoms with Crippen molar-refractivity contribution >= 4 is 28.7 Å². The fourth-order valence-corrected chi connectivity index (χ4v) is 2.24. The van der Waals surface area contributed by atoms with Crippen LogP contribution in [0.4, 0.5) is 5.00 Å². The molecule has 0 radical (unpaired) electrons. The van der Waals surface area contributed by atoms with E-state index in [2.05, 4.69) is 46.1 Å². The van der Waals surface area contributed by atoms with E-state index in [1.54, 1.807) is 13.1 Å². The van der Waals surface area contributed by atoms with Crippen LogP contribution in [0, 0.1) is 0 Å². The number of hydrogen-bond donors (Lipinski definition) is 1. The number of nitrogens with one attached hydrogen (secondary N) is 1. The quantitative estimate of drug-likeness (QED) is 0.502. The molecule has 0 atom stereocenters. The van der Waals surface area contributed by atoms with Gasteiger partial charge in [0.2, 0.25) is 5.69 Å². The van der Waals surface area contributed by atoms with Gasteiger partial charge in [-0.25, -0.2) is 4.79 Å². The predicted molar refractivity (Wildman–Crippen MR) is 87.6 cm³/mol. The van der Waals surface area contributed by atoms with Crippen LogP contribution in [-0.4, -0.2) is 28.4 Å². The van der Waals surface area contributed by atoms with Gasteiger partial charge in [0.25, 0.3) is 0 Å². The number of hydrogen-bond acceptors (Lipinski definition) is 7. The fraction of sp³-hybridized carbons (Fsp3) is 0.333. The average molecular weight is 318 g/mol. The van der Waals surface area contributed by atoms with Crippen LogP contribution in [0.1, 0.15) is 48.3 Å². The average Bonchev–Trinajstić information content (AvgIpc) is 2.96. The molecule has 7 heteroatoms. The second kappa shape index (κ2) is 7.65. The highest BCUT2D eigenvalue weighted by Gasteiger charge is 2.17. The third-order valence-corrected chi connectivity index (χ3v) is 3.57. The van der Waals surface area contributed by atoms with E-state index in [-0.39, 0.29) is 5.69 Å². The molecule has 0 unspecified atom stereocenters. The van der Waals surface area contributed by atoms with Crippen LogP contribution in [0.3, 0.4) is 0 Å². The van der Waals surface area contributed by atoms with Gasteiger partial charge in [-0.1, -0.05) is 42.6 Å². The molecule has 0 fully saturated rings. The summed E-state index contributed by atoms with van der Waals surface area (Å²) in [5.41, 5.74) is 5.18. The van der Waals surface area contributed by atoms with Crippen molar-refractivity contribution in [2.75, 3.05) is 12.0 Å². The van der Waals surface area contributed by atoms with Crippen molar-refractivity contribution < 1.29 is 9.53 Å². The number of anilines is 1. The van der Waals surface area contributed by atoms with E-state index in [0.29, 0.717) is 17.5 Å². The second-order valence-corrected chi connectivity index (χ2v) is 5.62. The largest absolute Gasteiger partial charge is 0.461 e. The standard InChI is InChI=1S/C15H18N4O2S/c1-4-21-15(20)13-14(22-19-17-13)18-16-9-11-5-7-12(8-6-11)10(2)3/h5-10,18H,4H2,1-3H3/b16-9+. The summed E-state index contributed by atoms with van der Waals surface area (Å²) in [7, 11) is 0. The van der Waals surface area contributed by atoms with Gasteiger partial charge in [-0.3, -0.25) is 5.43 Å². The zero-order valence-electron chi connectivity index (χ0n) is 12.7. The van der Waals surface area contributed by atoms with Gasteiger partial charge in [-0.2, -0.15) is 5.10 Å². The molecule has 1 aromatic carbocycles. The number of ether oxygens (including phenoxy) is 1. The van der Waals surface area contributed by atoms with Crippen molar-refractivity contribution in [3.8, 4) is 0 Å². The van der Waals surface area contributed by atoms with E-state index in [9.17, 15) is 4.79 Å². The summed E-state index contributed by atoms with van der Waals surface area (Å²) >= 11 is 1.06. The molecule has 2 rings (SSSR count). The summed E-state index contributed by atoms with van der Waals surface area (Å²) in [4.78, 5) is 11.7. The van der Waals surface area contributed by atoms with Crippen LogP contribution < -0.4 is 5.43 Å². The topological polar surface area (TPSA) is 76.5 Å². The molecule has 0 spiro atoms. The van der Waals surface area contributed by atoms with Crippen LogP contribution in [0.5, 0.6) is 0 Å². The minimum absolute atomic E-state index is 0.152. The maximum atomic E-state index is 11.7. The summed E-state index contributed by atoms with van der Waals surface area (Å²) < 4.78 is 8.64. The van der Waals surface area contributed by atoms with Crippen molar-refractivity contribution in [3.63, 3.8) is 0 Å². The first-order valence-corrected chi connectivity index (χ1v) is 7.77. The minimum atomic E-state index is -0.504. The van der Waals surface area contributed by atoms with E-state index in [1.165, 1.54) is 5.56 Å². The van der Waals surface area contributed by atoms with E-state index < -0.39 is 5.97 Å². The van der Waals surface area contributed by atoms with E-state index >= 15 is 0 Å². The van der Waals surface area contributed by atoms with Gasteiger partial charge in [0, 0.05) is 11.5 Å². The monoisotopic (exact) mass is 318 g/mol. The van der Waals surface area contributed by atoms with Gasteiger partial charge < -0.3 is 4.74 Å². The molecule has 1 aromatic heterocycles. The van der Waals surface area contributed by atoms with Gasteiger partial charge in [-0.05, 0) is 24.0 Å². The Morgan fingerprint density at radius 2 is 2.14 bits per heavy atom. The van der Waals surface area contributed by atoms with Crippen LogP contribution in [0.25, 0.3) is 0 Å². The summed E-state index contributed by atoms with van der Waals surface area (Å²) in [5.74, 6) is -0.00486. The third kappa shape index (κ3) is 4.11. The molecule has 0 aliphatic rings. The molecule has 0 amide bonds. The Bertz CT molecular complexity index is 650. The molecular formula is C15H18N4O2S. The normalized spacial score (nSPS) is 11.1. The Morgan fingerprint density at radius 1 is 1.41 bits per heavy atom. The summed E-state index contributed by atoms with van der Waals surface area (Å²) in [6, 6.07) is 8.14. The third-order valence-electron chi connectivity index (χ3n) is 2.94. The lowest BCUT2D eigenvalue weighted by atomic mass is 10.0. The number of benzene rings is 1. The first kappa shape index (κ1) is 16.1. The molecular weight excluding hydrogens is 300 g/mol. The van der Waals surface area contributed by atoms with Crippen LogP contribution >= 0.6 is 11.5 Å². The summed E-state index contributed by atoms with van der Waals surface area (Å²) in [5, 5.41) is 8.32. The number of aromatic nitrogens is 2. The molecule has 6 nitrogen and oxygen atoms in total. The lowest BCUT2D eigenvalue weighted by molar-refractivity contribution is 0.0520. The maximum Gasteiger partial charge on any atom is 0.362 e. The first-order chi connectivity index (χ1) is 10.6. The van der Waals surface area contributed by atoms with E-state index in [4.69, 9.17) is 4.74 Å². The zero-order chi connectivity index (χ0) is 15.9. The van der Waals surface area contributed by atoms with Gasteiger partial charge in [0.15, 0.2) is 5.00 Å². The summed E-state index contributed by atoms with van der Waals surface area (Å²) in [6.45, 7) is 6.34. The van der Waals surface area contributed by atoms with Crippen molar-refractivity contribution in [2.45, 2.75) is 26.7 Å². The molecule has 2 aromatic rings. The number of carbonyl (C=O) groups excluding carboxylic acids is 1.